The smallest absolute Gasteiger partial charge is 0.241 e. The van der Waals surface area contributed by atoms with Crippen molar-refractivity contribution in [2.24, 2.45) is 0 Å². The Kier molecular flexibility index (Phi) is 4.24. The van der Waals surface area contributed by atoms with Crippen LogP contribution in [0.15, 0.2) is 29.3 Å². The largest absolute Gasteiger partial charge is 0.247 e. The molecule has 4 nitrogen and oxygen atoms in total. The molecular formula is C15H20N2O2S2. The first-order valence-corrected chi connectivity index (χ1v) is 8.96. The molecule has 1 heterocycles. The van der Waals surface area contributed by atoms with Crippen molar-refractivity contribution in [1.29, 1.82) is 0 Å². The SMILES string of the molecule is Cc1cnc(C(C)(C)NS(=O)(=O)c2ccc(C)c(C)c2)s1. The van der Waals surface area contributed by atoms with Gasteiger partial charge < -0.3 is 0 Å². The summed E-state index contributed by atoms with van der Waals surface area (Å²) < 4.78 is 27.9. The summed E-state index contributed by atoms with van der Waals surface area (Å²) in [6.45, 7) is 9.47. The van der Waals surface area contributed by atoms with Gasteiger partial charge in [-0.25, -0.2) is 13.4 Å². The van der Waals surface area contributed by atoms with Gasteiger partial charge >= 0.3 is 0 Å². The topological polar surface area (TPSA) is 59.1 Å². The van der Waals surface area contributed by atoms with Crippen LogP contribution in [0.2, 0.25) is 0 Å². The Balaban J connectivity index is 2.34. The maximum atomic E-state index is 12.6. The summed E-state index contributed by atoms with van der Waals surface area (Å²) in [5.41, 5.74) is 1.29. The third-order valence-corrected chi connectivity index (χ3v) is 6.22. The van der Waals surface area contributed by atoms with Crippen LogP contribution in [0, 0.1) is 20.8 Å². The predicted octanol–water partition coefficient (Wildman–Crippen LogP) is 3.28. The Labute approximate surface area is 130 Å². The van der Waals surface area contributed by atoms with Crippen molar-refractivity contribution in [3.63, 3.8) is 0 Å². The highest BCUT2D eigenvalue weighted by Gasteiger charge is 2.30. The van der Waals surface area contributed by atoms with Crippen LogP contribution in [0.5, 0.6) is 0 Å². The highest BCUT2D eigenvalue weighted by molar-refractivity contribution is 7.89. The van der Waals surface area contributed by atoms with Crippen molar-refractivity contribution in [1.82, 2.24) is 9.71 Å². The molecule has 0 aliphatic heterocycles. The lowest BCUT2D eigenvalue weighted by atomic mass is 10.1. The predicted molar refractivity (Wildman–Crippen MR) is 86.1 cm³/mol. The molecule has 0 atom stereocenters. The fraction of sp³-hybridized carbons (Fsp3) is 0.400. The standard InChI is InChI=1S/C15H20N2O2S2/c1-10-6-7-13(8-11(10)2)21(18,19)17-15(4,5)14-16-9-12(3)20-14/h6-9,17H,1-5H3. The summed E-state index contributed by atoms with van der Waals surface area (Å²) in [6, 6.07) is 5.15. The maximum Gasteiger partial charge on any atom is 0.241 e. The lowest BCUT2D eigenvalue weighted by Gasteiger charge is -2.23. The molecular weight excluding hydrogens is 304 g/mol. The van der Waals surface area contributed by atoms with Crippen LogP contribution in [0.1, 0.15) is 34.9 Å². The summed E-state index contributed by atoms with van der Waals surface area (Å²) >= 11 is 1.50. The summed E-state index contributed by atoms with van der Waals surface area (Å²) in [4.78, 5) is 5.63. The molecule has 2 aromatic rings. The van der Waals surface area contributed by atoms with Gasteiger partial charge in [-0.05, 0) is 57.9 Å². The van der Waals surface area contributed by atoms with Crippen molar-refractivity contribution in [3.05, 3.63) is 45.4 Å². The molecule has 21 heavy (non-hydrogen) atoms. The van der Waals surface area contributed by atoms with Crippen LogP contribution in [0.25, 0.3) is 0 Å². The second kappa shape index (κ2) is 5.51. The van der Waals surface area contributed by atoms with Crippen molar-refractivity contribution in [2.45, 2.75) is 45.1 Å². The van der Waals surface area contributed by atoms with Crippen LogP contribution >= 0.6 is 11.3 Å². The second-order valence-electron chi connectivity index (χ2n) is 5.75. The van der Waals surface area contributed by atoms with Gasteiger partial charge in [-0.2, -0.15) is 4.72 Å². The molecule has 1 aromatic heterocycles. The summed E-state index contributed by atoms with van der Waals surface area (Å²) in [5.74, 6) is 0. The lowest BCUT2D eigenvalue weighted by Crippen LogP contribution is -2.40. The molecule has 0 bridgehead atoms. The fourth-order valence-corrected chi connectivity index (χ4v) is 4.32. The second-order valence-corrected chi connectivity index (χ2v) is 8.67. The molecule has 0 radical (unpaired) electrons. The van der Waals surface area contributed by atoms with Crippen molar-refractivity contribution in [2.75, 3.05) is 0 Å². The minimum atomic E-state index is -3.58. The normalized spacial score (nSPS) is 12.6. The van der Waals surface area contributed by atoms with E-state index in [0.717, 1.165) is 21.0 Å². The molecule has 0 amide bonds. The zero-order valence-corrected chi connectivity index (χ0v) is 14.5. The van der Waals surface area contributed by atoms with Crippen LogP contribution in [0.3, 0.4) is 0 Å². The molecule has 0 aliphatic rings. The molecule has 0 saturated heterocycles. The van der Waals surface area contributed by atoms with Gasteiger partial charge in [0.2, 0.25) is 10.0 Å². The number of rotatable bonds is 4. The van der Waals surface area contributed by atoms with Gasteiger partial charge in [0.05, 0.1) is 10.4 Å². The summed E-state index contributed by atoms with van der Waals surface area (Å²) in [6.07, 6.45) is 1.76. The first kappa shape index (κ1) is 16.1. The Morgan fingerprint density at radius 2 is 1.81 bits per heavy atom. The first-order chi connectivity index (χ1) is 9.62. The molecule has 6 heteroatoms. The number of aromatic nitrogens is 1. The maximum absolute atomic E-state index is 12.6. The number of thiazole rings is 1. The molecule has 0 unspecified atom stereocenters. The Morgan fingerprint density at radius 1 is 1.14 bits per heavy atom. The van der Waals surface area contributed by atoms with E-state index in [1.807, 2.05) is 40.7 Å². The average molecular weight is 324 g/mol. The van der Waals surface area contributed by atoms with Crippen molar-refractivity contribution in [3.8, 4) is 0 Å². The van der Waals surface area contributed by atoms with E-state index in [1.165, 1.54) is 11.3 Å². The van der Waals surface area contributed by atoms with E-state index in [1.54, 1.807) is 18.3 Å². The van der Waals surface area contributed by atoms with Crippen molar-refractivity contribution < 1.29 is 8.42 Å². The third-order valence-electron chi connectivity index (χ3n) is 3.33. The van der Waals surface area contributed by atoms with Gasteiger partial charge in [0, 0.05) is 11.1 Å². The van der Waals surface area contributed by atoms with Crippen LogP contribution in [-0.4, -0.2) is 13.4 Å². The van der Waals surface area contributed by atoms with Crippen LogP contribution in [-0.2, 0) is 15.6 Å². The molecule has 114 valence electrons. The van der Waals surface area contributed by atoms with E-state index in [4.69, 9.17) is 0 Å². The van der Waals surface area contributed by atoms with Gasteiger partial charge in [-0.3, -0.25) is 0 Å². The highest BCUT2D eigenvalue weighted by atomic mass is 32.2. The third kappa shape index (κ3) is 3.51. The van der Waals surface area contributed by atoms with E-state index < -0.39 is 15.6 Å². The van der Waals surface area contributed by atoms with E-state index >= 15 is 0 Å². The quantitative estimate of drug-likeness (QED) is 0.939. The number of benzene rings is 1. The van der Waals surface area contributed by atoms with Gasteiger partial charge in [0.15, 0.2) is 0 Å². The Bertz CT molecular complexity index is 762. The van der Waals surface area contributed by atoms with Gasteiger partial charge in [-0.1, -0.05) is 6.07 Å². The number of aryl methyl sites for hydroxylation is 3. The molecule has 0 spiro atoms. The van der Waals surface area contributed by atoms with Crippen LogP contribution in [0.4, 0.5) is 0 Å². The van der Waals surface area contributed by atoms with E-state index in [9.17, 15) is 8.42 Å². The number of nitrogens with one attached hydrogen (secondary N) is 1. The van der Waals surface area contributed by atoms with Crippen LogP contribution < -0.4 is 4.72 Å². The number of sulfonamides is 1. The van der Waals surface area contributed by atoms with Crippen molar-refractivity contribution >= 4 is 21.4 Å². The summed E-state index contributed by atoms with van der Waals surface area (Å²) in [5, 5.41) is 0.757. The Morgan fingerprint density at radius 3 is 2.33 bits per heavy atom. The highest BCUT2D eigenvalue weighted by Crippen LogP contribution is 2.27. The van der Waals surface area contributed by atoms with E-state index in [2.05, 4.69) is 9.71 Å². The van der Waals surface area contributed by atoms with E-state index in [0.29, 0.717) is 0 Å². The molecule has 0 aliphatic carbocycles. The molecule has 1 aromatic carbocycles. The zero-order valence-electron chi connectivity index (χ0n) is 12.9. The lowest BCUT2D eigenvalue weighted by molar-refractivity contribution is 0.470. The minimum Gasteiger partial charge on any atom is -0.247 e. The Hall–Kier alpha value is -1.24. The molecule has 0 fully saturated rings. The van der Waals surface area contributed by atoms with Gasteiger partial charge in [0.1, 0.15) is 5.01 Å². The fourth-order valence-electron chi connectivity index (χ4n) is 1.96. The number of hydrogen-bond acceptors (Lipinski definition) is 4. The van der Waals surface area contributed by atoms with Gasteiger partial charge in [-0.15, -0.1) is 11.3 Å². The number of hydrogen-bond donors (Lipinski definition) is 1. The molecule has 2 rings (SSSR count). The average Bonchev–Trinajstić information content (AvgIpc) is 2.79. The van der Waals surface area contributed by atoms with E-state index in [-0.39, 0.29) is 4.90 Å². The number of nitrogens with zero attached hydrogens (tertiary/aromatic N) is 1. The first-order valence-electron chi connectivity index (χ1n) is 6.66. The minimum absolute atomic E-state index is 0.284. The van der Waals surface area contributed by atoms with Gasteiger partial charge in [0.25, 0.3) is 0 Å². The zero-order chi connectivity index (χ0) is 15.8. The molecule has 1 N–H and O–H groups in total. The molecule has 0 saturated carbocycles. The summed E-state index contributed by atoms with van der Waals surface area (Å²) in [7, 11) is -3.58. The monoisotopic (exact) mass is 324 g/mol.